The van der Waals surface area contributed by atoms with Gasteiger partial charge >= 0.3 is 5.97 Å². The Morgan fingerprint density at radius 2 is 1.94 bits per heavy atom. The number of carbonyl (C=O) groups excluding carboxylic acids is 1. The van der Waals surface area contributed by atoms with Gasteiger partial charge in [0.15, 0.2) is 0 Å². The third kappa shape index (κ3) is 4.63. The van der Waals surface area contributed by atoms with Crippen molar-refractivity contribution in [2.24, 2.45) is 5.92 Å². The number of allylic oxidation sites excluding steroid dienone is 1. The van der Waals surface area contributed by atoms with Crippen LogP contribution in [0.4, 0.5) is 0 Å². The predicted molar refractivity (Wildman–Crippen MR) is 121 cm³/mol. The third-order valence-corrected chi connectivity index (χ3v) is 7.03. The van der Waals surface area contributed by atoms with Crippen LogP contribution in [-0.4, -0.2) is 56.3 Å². The van der Waals surface area contributed by atoms with Crippen LogP contribution in [-0.2, 0) is 23.7 Å². The lowest BCUT2D eigenvalue weighted by Gasteiger charge is -2.42. The van der Waals surface area contributed by atoms with Gasteiger partial charge in [-0.3, -0.25) is 0 Å². The molecule has 1 aromatic carbocycles. The van der Waals surface area contributed by atoms with Gasteiger partial charge in [-0.25, -0.2) is 4.79 Å². The average molecular weight is 443 g/mol. The van der Waals surface area contributed by atoms with Crippen LogP contribution in [0.3, 0.4) is 0 Å². The molecule has 1 aromatic rings. The molecule has 2 unspecified atom stereocenters. The molecule has 6 atom stereocenters. The van der Waals surface area contributed by atoms with E-state index in [2.05, 4.69) is 26.8 Å². The molecule has 0 N–H and O–H groups in total. The molecular formula is C26H34O6. The number of carbonyl (C=O) groups is 1. The van der Waals surface area contributed by atoms with E-state index in [0.717, 1.165) is 24.2 Å². The molecule has 3 fully saturated rings. The monoisotopic (exact) mass is 442 g/mol. The SMILES string of the molecule is COc1ccc(/C=C/C(=O)O[C@@H]2CC[C@]3(CO3)C([C@]3(C)OC3CC=C(C)C)[C@@H]2OC)cc1. The summed E-state index contributed by atoms with van der Waals surface area (Å²) in [4.78, 5) is 12.6. The second kappa shape index (κ2) is 9.00. The summed E-state index contributed by atoms with van der Waals surface area (Å²) in [6.07, 6.45) is 7.37. The molecule has 4 rings (SSSR count). The number of esters is 1. The summed E-state index contributed by atoms with van der Waals surface area (Å²) in [6.45, 7) is 7.05. The maximum Gasteiger partial charge on any atom is 0.331 e. The maximum absolute atomic E-state index is 12.6. The fourth-order valence-corrected chi connectivity index (χ4v) is 5.14. The minimum absolute atomic E-state index is 0.0210. The van der Waals surface area contributed by atoms with E-state index >= 15 is 0 Å². The van der Waals surface area contributed by atoms with Crippen molar-refractivity contribution >= 4 is 12.0 Å². The Kier molecular flexibility index (Phi) is 6.48. The number of ether oxygens (including phenoxy) is 5. The number of hydrogen-bond donors (Lipinski definition) is 0. The molecule has 1 aliphatic carbocycles. The van der Waals surface area contributed by atoms with Crippen LogP contribution in [0.25, 0.3) is 6.08 Å². The summed E-state index contributed by atoms with van der Waals surface area (Å²) in [6, 6.07) is 7.50. The van der Waals surface area contributed by atoms with Crippen molar-refractivity contribution in [2.75, 3.05) is 20.8 Å². The molecule has 32 heavy (non-hydrogen) atoms. The zero-order chi connectivity index (χ0) is 22.9. The summed E-state index contributed by atoms with van der Waals surface area (Å²) >= 11 is 0. The van der Waals surface area contributed by atoms with Gasteiger partial charge in [0.1, 0.15) is 29.2 Å². The number of benzene rings is 1. The van der Waals surface area contributed by atoms with E-state index in [0.29, 0.717) is 13.0 Å². The summed E-state index contributed by atoms with van der Waals surface area (Å²) in [5, 5.41) is 0. The van der Waals surface area contributed by atoms with Gasteiger partial charge < -0.3 is 23.7 Å². The van der Waals surface area contributed by atoms with Crippen LogP contribution in [0.2, 0.25) is 0 Å². The average Bonchev–Trinajstić information content (AvgIpc) is 3.69. The molecular weight excluding hydrogens is 408 g/mol. The minimum Gasteiger partial charge on any atom is -0.497 e. The molecule has 174 valence electrons. The largest absolute Gasteiger partial charge is 0.497 e. The smallest absolute Gasteiger partial charge is 0.331 e. The fourth-order valence-electron chi connectivity index (χ4n) is 5.14. The van der Waals surface area contributed by atoms with Crippen LogP contribution >= 0.6 is 0 Å². The molecule has 3 aliphatic rings. The first kappa shape index (κ1) is 23.0. The van der Waals surface area contributed by atoms with Crippen LogP contribution < -0.4 is 4.74 Å². The van der Waals surface area contributed by atoms with Gasteiger partial charge in [0.2, 0.25) is 0 Å². The quantitative estimate of drug-likeness (QED) is 0.258. The van der Waals surface area contributed by atoms with Crippen LogP contribution in [0.15, 0.2) is 42.0 Å². The lowest BCUT2D eigenvalue weighted by atomic mass is 9.68. The van der Waals surface area contributed by atoms with Crippen molar-refractivity contribution in [1.29, 1.82) is 0 Å². The Morgan fingerprint density at radius 3 is 2.53 bits per heavy atom. The summed E-state index contributed by atoms with van der Waals surface area (Å²) in [5.41, 5.74) is 1.62. The van der Waals surface area contributed by atoms with Gasteiger partial charge in [0, 0.05) is 13.2 Å². The summed E-state index contributed by atoms with van der Waals surface area (Å²) in [5.74, 6) is 0.422. The molecule has 6 nitrogen and oxygen atoms in total. The molecule has 2 heterocycles. The van der Waals surface area contributed by atoms with Crippen LogP contribution in [0.5, 0.6) is 5.75 Å². The molecule has 1 spiro atoms. The molecule has 0 amide bonds. The first-order valence-electron chi connectivity index (χ1n) is 11.3. The molecule has 0 bridgehead atoms. The second-order valence-corrected chi connectivity index (χ2v) is 9.46. The van der Waals surface area contributed by atoms with E-state index in [1.807, 2.05) is 24.3 Å². The number of rotatable bonds is 8. The predicted octanol–water partition coefficient (Wildman–Crippen LogP) is 4.33. The second-order valence-electron chi connectivity index (χ2n) is 9.46. The van der Waals surface area contributed by atoms with Gasteiger partial charge in [0.05, 0.1) is 25.7 Å². The van der Waals surface area contributed by atoms with Gasteiger partial charge in [-0.1, -0.05) is 23.8 Å². The van der Waals surface area contributed by atoms with Crippen molar-refractivity contribution in [2.45, 2.75) is 69.5 Å². The Morgan fingerprint density at radius 1 is 1.22 bits per heavy atom. The standard InChI is InChI=1S/C26H34O6/c1-17(2)6-12-21-25(3,32-21)24-23(29-5)20(14-15-26(24)16-30-26)31-22(27)13-9-18-7-10-19(28-4)11-8-18/h6-11,13,20-21,23-24H,12,14-16H2,1-5H3/b13-9+/t20-,21?,23-,24?,25-,26+/m1/s1. The fraction of sp³-hybridized carbons (Fsp3) is 0.577. The van der Waals surface area contributed by atoms with Crippen molar-refractivity contribution in [3.8, 4) is 5.75 Å². The Hall–Kier alpha value is -2.15. The van der Waals surface area contributed by atoms with Crippen LogP contribution in [0.1, 0.15) is 45.6 Å². The highest BCUT2D eigenvalue weighted by Crippen LogP contribution is 2.59. The zero-order valence-corrected chi connectivity index (χ0v) is 19.6. The normalized spacial score (nSPS) is 35.5. The molecule has 0 aromatic heterocycles. The number of epoxide rings is 2. The Balaban J connectivity index is 1.43. The van der Waals surface area contributed by atoms with Crippen molar-refractivity contribution in [1.82, 2.24) is 0 Å². The number of hydrogen-bond acceptors (Lipinski definition) is 6. The zero-order valence-electron chi connectivity index (χ0n) is 19.6. The van der Waals surface area contributed by atoms with E-state index in [4.69, 9.17) is 23.7 Å². The van der Waals surface area contributed by atoms with E-state index in [1.54, 1.807) is 20.3 Å². The first-order valence-corrected chi connectivity index (χ1v) is 11.3. The maximum atomic E-state index is 12.6. The van der Waals surface area contributed by atoms with Crippen molar-refractivity contribution in [3.63, 3.8) is 0 Å². The number of methoxy groups -OCH3 is 2. The third-order valence-electron chi connectivity index (χ3n) is 7.03. The Bertz CT molecular complexity index is 880. The molecule has 2 saturated heterocycles. The lowest BCUT2D eigenvalue weighted by molar-refractivity contribution is -0.166. The molecule has 0 radical (unpaired) electrons. The molecule has 2 aliphatic heterocycles. The minimum atomic E-state index is -0.373. The highest BCUT2D eigenvalue weighted by molar-refractivity contribution is 5.87. The van der Waals surface area contributed by atoms with Gasteiger partial charge in [-0.15, -0.1) is 0 Å². The van der Waals surface area contributed by atoms with E-state index < -0.39 is 0 Å². The van der Waals surface area contributed by atoms with Crippen LogP contribution in [0, 0.1) is 5.92 Å². The highest BCUT2D eigenvalue weighted by atomic mass is 16.6. The van der Waals surface area contributed by atoms with Gasteiger partial charge in [0.25, 0.3) is 0 Å². The van der Waals surface area contributed by atoms with Crippen molar-refractivity contribution in [3.05, 3.63) is 47.6 Å². The van der Waals surface area contributed by atoms with E-state index in [9.17, 15) is 4.79 Å². The lowest BCUT2D eigenvalue weighted by Crippen LogP contribution is -2.55. The molecule has 6 heteroatoms. The summed E-state index contributed by atoms with van der Waals surface area (Å²) < 4.78 is 29.1. The summed E-state index contributed by atoms with van der Waals surface area (Å²) in [7, 11) is 3.31. The molecule has 1 saturated carbocycles. The van der Waals surface area contributed by atoms with Gasteiger partial charge in [-0.05, 0) is 63.8 Å². The van der Waals surface area contributed by atoms with E-state index in [1.165, 1.54) is 11.6 Å². The van der Waals surface area contributed by atoms with E-state index in [-0.39, 0.29) is 41.4 Å². The van der Waals surface area contributed by atoms with Crippen molar-refractivity contribution < 1.29 is 28.5 Å². The van der Waals surface area contributed by atoms with Gasteiger partial charge in [-0.2, -0.15) is 0 Å². The first-order chi connectivity index (χ1) is 15.3. The Labute approximate surface area is 190 Å². The topological polar surface area (TPSA) is 69.8 Å². The highest BCUT2D eigenvalue weighted by Gasteiger charge is 2.72.